The van der Waals surface area contributed by atoms with Crippen LogP contribution in [0, 0.1) is 17.3 Å². The van der Waals surface area contributed by atoms with Gasteiger partial charge in [0.15, 0.2) is 0 Å². The number of carbonyl (C=O) groups is 1. The van der Waals surface area contributed by atoms with Gasteiger partial charge in [-0.1, -0.05) is 39.7 Å². The van der Waals surface area contributed by atoms with Gasteiger partial charge >= 0.3 is 0 Å². The lowest BCUT2D eigenvalue weighted by atomic mass is 9.64. The smallest absolute Gasteiger partial charge is 0.142 e. The van der Waals surface area contributed by atoms with Gasteiger partial charge in [-0.05, 0) is 29.7 Å². The summed E-state index contributed by atoms with van der Waals surface area (Å²) in [5.74, 6) is 1.30. The highest BCUT2D eigenvalue weighted by Gasteiger charge is 2.34. The van der Waals surface area contributed by atoms with Crippen LogP contribution in [-0.4, -0.2) is 6.29 Å². The molecule has 1 fully saturated rings. The summed E-state index contributed by atoms with van der Waals surface area (Å²) in [7, 11) is 0. The second kappa shape index (κ2) is 4.08. The van der Waals surface area contributed by atoms with Gasteiger partial charge in [0.1, 0.15) is 6.29 Å². The van der Waals surface area contributed by atoms with E-state index in [-0.39, 0.29) is 0 Å². The molecule has 0 heterocycles. The Morgan fingerprint density at radius 2 is 2.08 bits per heavy atom. The minimum absolute atomic E-state index is 0.372. The Kier molecular flexibility index (Phi) is 3.29. The summed E-state index contributed by atoms with van der Waals surface area (Å²) in [5, 5.41) is 0. The highest BCUT2D eigenvalue weighted by Crippen LogP contribution is 2.44. The third kappa shape index (κ3) is 2.43. The maximum absolute atomic E-state index is 10.3. The Hall–Kier alpha value is -0.590. The zero-order chi connectivity index (χ0) is 9.90. The molecule has 1 aliphatic rings. The molecule has 74 valence electrons. The topological polar surface area (TPSA) is 17.1 Å². The summed E-state index contributed by atoms with van der Waals surface area (Å²) in [6.07, 6.45) is 8.56. The first-order valence-corrected chi connectivity index (χ1v) is 5.20. The summed E-state index contributed by atoms with van der Waals surface area (Å²) in [6, 6.07) is 0. The quantitative estimate of drug-likeness (QED) is 0.471. The molecular weight excluding hydrogens is 160 g/mol. The van der Waals surface area contributed by atoms with E-state index in [0.29, 0.717) is 11.3 Å². The van der Waals surface area contributed by atoms with Crippen LogP contribution in [0.3, 0.4) is 0 Å². The third-order valence-corrected chi connectivity index (χ3v) is 3.39. The molecule has 2 atom stereocenters. The lowest BCUT2D eigenvalue weighted by Crippen LogP contribution is -2.32. The average Bonchev–Trinajstić information content (AvgIpc) is 2.02. The fourth-order valence-electron chi connectivity index (χ4n) is 2.61. The van der Waals surface area contributed by atoms with Gasteiger partial charge in [0.2, 0.25) is 0 Å². The number of rotatable bonds is 2. The number of aldehydes is 1. The van der Waals surface area contributed by atoms with Crippen LogP contribution in [0.4, 0.5) is 0 Å². The van der Waals surface area contributed by atoms with Crippen molar-refractivity contribution in [3.8, 4) is 0 Å². The SMILES string of the molecule is C[C@H]1CCCC(C)(C)C1C=CC=O. The first-order chi connectivity index (χ1) is 6.08. The molecule has 0 spiro atoms. The second-order valence-electron chi connectivity index (χ2n) is 4.90. The minimum atomic E-state index is 0.372. The molecule has 1 nitrogen and oxygen atoms in total. The van der Waals surface area contributed by atoms with Crippen LogP contribution in [0.1, 0.15) is 40.0 Å². The zero-order valence-electron chi connectivity index (χ0n) is 8.92. The first-order valence-electron chi connectivity index (χ1n) is 5.20. The van der Waals surface area contributed by atoms with E-state index in [1.54, 1.807) is 6.08 Å². The third-order valence-electron chi connectivity index (χ3n) is 3.39. The Labute approximate surface area is 81.2 Å². The Bertz CT molecular complexity index is 203. The van der Waals surface area contributed by atoms with Gasteiger partial charge in [-0.3, -0.25) is 4.79 Å². The number of carbonyl (C=O) groups excluding carboxylic acids is 1. The molecule has 0 aromatic rings. The van der Waals surface area contributed by atoms with Crippen LogP contribution in [0.25, 0.3) is 0 Å². The van der Waals surface area contributed by atoms with E-state index in [1.165, 1.54) is 19.3 Å². The molecule has 13 heavy (non-hydrogen) atoms. The lowest BCUT2D eigenvalue weighted by molar-refractivity contribution is -0.104. The highest BCUT2D eigenvalue weighted by molar-refractivity contribution is 5.64. The van der Waals surface area contributed by atoms with Crippen molar-refractivity contribution in [1.29, 1.82) is 0 Å². The van der Waals surface area contributed by atoms with E-state index < -0.39 is 0 Å². The molecule has 0 amide bonds. The molecule has 0 aliphatic heterocycles. The van der Waals surface area contributed by atoms with E-state index >= 15 is 0 Å². The van der Waals surface area contributed by atoms with Crippen molar-refractivity contribution in [2.45, 2.75) is 40.0 Å². The Morgan fingerprint density at radius 1 is 1.38 bits per heavy atom. The fourth-order valence-corrected chi connectivity index (χ4v) is 2.61. The minimum Gasteiger partial charge on any atom is -0.299 e. The van der Waals surface area contributed by atoms with Gasteiger partial charge in [0.05, 0.1) is 0 Å². The normalized spacial score (nSPS) is 33.5. The van der Waals surface area contributed by atoms with Crippen LogP contribution in [0.15, 0.2) is 12.2 Å². The van der Waals surface area contributed by atoms with Gasteiger partial charge in [-0.25, -0.2) is 0 Å². The van der Waals surface area contributed by atoms with Crippen molar-refractivity contribution >= 4 is 6.29 Å². The number of allylic oxidation sites excluding steroid dienone is 2. The molecule has 1 heteroatoms. The molecule has 0 radical (unpaired) electrons. The summed E-state index contributed by atoms with van der Waals surface area (Å²) in [4.78, 5) is 10.3. The number of hydrogen-bond acceptors (Lipinski definition) is 1. The van der Waals surface area contributed by atoms with Crippen LogP contribution in [-0.2, 0) is 4.79 Å². The molecule has 0 aromatic heterocycles. The maximum atomic E-state index is 10.3. The molecule has 1 rings (SSSR count). The largest absolute Gasteiger partial charge is 0.299 e. The Morgan fingerprint density at radius 3 is 2.62 bits per heavy atom. The average molecular weight is 180 g/mol. The van der Waals surface area contributed by atoms with Gasteiger partial charge in [0, 0.05) is 0 Å². The first kappa shape index (κ1) is 10.5. The van der Waals surface area contributed by atoms with E-state index in [9.17, 15) is 4.79 Å². The molecule has 0 N–H and O–H groups in total. The zero-order valence-corrected chi connectivity index (χ0v) is 8.92. The van der Waals surface area contributed by atoms with Crippen LogP contribution in [0.5, 0.6) is 0 Å². The predicted molar refractivity (Wildman–Crippen MR) is 55.5 cm³/mol. The second-order valence-corrected chi connectivity index (χ2v) is 4.90. The Balaban J connectivity index is 2.74. The summed E-state index contributed by atoms with van der Waals surface area (Å²) in [6.45, 7) is 6.91. The van der Waals surface area contributed by atoms with E-state index in [0.717, 1.165) is 12.2 Å². The molecule has 1 aliphatic carbocycles. The summed E-state index contributed by atoms with van der Waals surface area (Å²) in [5.41, 5.74) is 0.372. The molecule has 1 unspecified atom stereocenters. The van der Waals surface area contributed by atoms with E-state index in [1.807, 2.05) is 0 Å². The van der Waals surface area contributed by atoms with Gasteiger partial charge in [0.25, 0.3) is 0 Å². The molecule has 0 saturated heterocycles. The van der Waals surface area contributed by atoms with Crippen molar-refractivity contribution in [2.24, 2.45) is 17.3 Å². The van der Waals surface area contributed by atoms with Crippen molar-refractivity contribution in [1.82, 2.24) is 0 Å². The van der Waals surface area contributed by atoms with Crippen molar-refractivity contribution < 1.29 is 4.79 Å². The van der Waals surface area contributed by atoms with Gasteiger partial charge in [-0.15, -0.1) is 0 Å². The van der Waals surface area contributed by atoms with Crippen molar-refractivity contribution in [2.75, 3.05) is 0 Å². The van der Waals surface area contributed by atoms with E-state index in [2.05, 4.69) is 26.8 Å². The standard InChI is InChI=1S/C12H20O/c1-10-6-4-8-12(2,3)11(10)7-5-9-13/h5,7,9-11H,4,6,8H2,1-3H3/t10-,11?/m0/s1. The monoisotopic (exact) mass is 180 g/mol. The van der Waals surface area contributed by atoms with Gasteiger partial charge < -0.3 is 0 Å². The predicted octanol–water partition coefficient (Wildman–Crippen LogP) is 3.20. The molecule has 0 aromatic carbocycles. The van der Waals surface area contributed by atoms with E-state index in [4.69, 9.17) is 0 Å². The summed E-state index contributed by atoms with van der Waals surface area (Å²) >= 11 is 0. The lowest BCUT2D eigenvalue weighted by Gasteiger charge is -2.41. The van der Waals surface area contributed by atoms with Crippen LogP contribution < -0.4 is 0 Å². The number of hydrogen-bond donors (Lipinski definition) is 0. The highest BCUT2D eigenvalue weighted by atomic mass is 16.1. The molecule has 1 saturated carbocycles. The van der Waals surface area contributed by atoms with Crippen LogP contribution >= 0.6 is 0 Å². The molecule has 0 bridgehead atoms. The fraction of sp³-hybridized carbons (Fsp3) is 0.750. The van der Waals surface area contributed by atoms with Gasteiger partial charge in [-0.2, -0.15) is 0 Å². The summed E-state index contributed by atoms with van der Waals surface area (Å²) < 4.78 is 0. The van der Waals surface area contributed by atoms with Crippen molar-refractivity contribution in [3.05, 3.63) is 12.2 Å². The van der Waals surface area contributed by atoms with Crippen LogP contribution in [0.2, 0.25) is 0 Å². The molecular formula is C12H20O. The maximum Gasteiger partial charge on any atom is 0.142 e. The van der Waals surface area contributed by atoms with Crippen molar-refractivity contribution in [3.63, 3.8) is 0 Å².